The molecule has 0 aromatic rings. The first kappa shape index (κ1) is 13.3. The van der Waals surface area contributed by atoms with Crippen molar-refractivity contribution in [2.45, 2.75) is 44.4 Å². The topological polar surface area (TPSA) is 44.1 Å². The molecule has 5 heteroatoms. The summed E-state index contributed by atoms with van der Waals surface area (Å²) in [6.45, 7) is 1.08. The van der Waals surface area contributed by atoms with E-state index in [1.54, 1.807) is 4.90 Å². The Labute approximate surface area is 106 Å². The highest BCUT2D eigenvalue weighted by atomic mass is 19.3. The Bertz CT molecular complexity index is 356. The van der Waals surface area contributed by atoms with Crippen LogP contribution in [0.25, 0.3) is 0 Å². The normalized spacial score (nSPS) is 28.7. The number of likely N-dealkylation sites (tertiary alicyclic amines) is 1. The maximum absolute atomic E-state index is 13.3. The highest BCUT2D eigenvalue weighted by Gasteiger charge is 2.40. The van der Waals surface area contributed by atoms with Gasteiger partial charge in [-0.2, -0.15) is 5.26 Å². The molecule has 1 atom stereocenters. The molecule has 2 rings (SSSR count). The van der Waals surface area contributed by atoms with Crippen LogP contribution >= 0.6 is 0 Å². The lowest BCUT2D eigenvalue weighted by atomic mass is 9.85. The largest absolute Gasteiger partial charge is 0.342 e. The van der Waals surface area contributed by atoms with E-state index in [9.17, 15) is 13.6 Å². The van der Waals surface area contributed by atoms with Crippen molar-refractivity contribution >= 4 is 5.91 Å². The average molecular weight is 256 g/mol. The number of rotatable bonds is 1. The van der Waals surface area contributed by atoms with Gasteiger partial charge >= 0.3 is 0 Å². The molecule has 2 aliphatic rings. The molecule has 1 aliphatic heterocycles. The number of carbonyl (C=O) groups is 1. The predicted molar refractivity (Wildman–Crippen MR) is 61.8 cm³/mol. The number of alkyl halides is 2. The first-order valence-corrected chi connectivity index (χ1v) is 6.58. The Hall–Kier alpha value is -1.18. The maximum Gasteiger partial charge on any atom is 0.248 e. The van der Waals surface area contributed by atoms with E-state index in [0.29, 0.717) is 38.8 Å². The van der Waals surface area contributed by atoms with E-state index >= 15 is 0 Å². The number of nitriles is 1. The zero-order valence-corrected chi connectivity index (χ0v) is 10.4. The molecular weight excluding hydrogens is 238 g/mol. The Morgan fingerprint density at radius 2 is 1.94 bits per heavy atom. The number of nitrogens with zero attached hydrogens (tertiary/aromatic N) is 2. The lowest BCUT2D eigenvalue weighted by molar-refractivity contribution is -0.143. The molecule has 1 saturated heterocycles. The Kier molecular flexibility index (Phi) is 3.84. The molecule has 0 bridgehead atoms. The molecule has 1 saturated carbocycles. The molecule has 2 fully saturated rings. The average Bonchev–Trinajstić information content (AvgIpc) is 2.37. The number of hydrogen-bond donors (Lipinski definition) is 0. The third kappa shape index (κ3) is 2.98. The van der Waals surface area contributed by atoms with Gasteiger partial charge in [-0.15, -0.1) is 0 Å². The van der Waals surface area contributed by atoms with Gasteiger partial charge in [0, 0.05) is 37.8 Å². The Balaban J connectivity index is 1.90. The van der Waals surface area contributed by atoms with Gasteiger partial charge in [-0.1, -0.05) is 0 Å². The van der Waals surface area contributed by atoms with E-state index in [1.807, 2.05) is 0 Å². The van der Waals surface area contributed by atoms with Crippen LogP contribution in [0.3, 0.4) is 0 Å². The van der Waals surface area contributed by atoms with Crippen molar-refractivity contribution in [3.05, 3.63) is 0 Å². The quantitative estimate of drug-likeness (QED) is 0.723. The summed E-state index contributed by atoms with van der Waals surface area (Å²) in [6.07, 6.45) is 1.96. The summed E-state index contributed by atoms with van der Waals surface area (Å²) in [7, 11) is 0. The van der Waals surface area contributed by atoms with E-state index in [4.69, 9.17) is 5.26 Å². The summed E-state index contributed by atoms with van der Waals surface area (Å²) in [5, 5.41) is 8.78. The van der Waals surface area contributed by atoms with E-state index in [0.717, 1.165) is 0 Å². The molecule has 0 aromatic carbocycles. The van der Waals surface area contributed by atoms with Gasteiger partial charge in [0.2, 0.25) is 11.8 Å². The molecular formula is C13H18F2N2O. The number of amides is 1. The molecule has 0 N–H and O–H groups in total. The number of piperidine rings is 1. The molecule has 0 spiro atoms. The summed E-state index contributed by atoms with van der Waals surface area (Å²) in [6, 6.07) is 2.20. The predicted octanol–water partition coefficient (Wildman–Crippen LogP) is 2.57. The summed E-state index contributed by atoms with van der Waals surface area (Å²) in [5.41, 5.74) is 0. The van der Waals surface area contributed by atoms with Crippen LogP contribution in [0.1, 0.15) is 38.5 Å². The minimum Gasteiger partial charge on any atom is -0.342 e. The van der Waals surface area contributed by atoms with Gasteiger partial charge < -0.3 is 4.90 Å². The van der Waals surface area contributed by atoms with Crippen molar-refractivity contribution in [3.8, 4) is 6.07 Å². The van der Waals surface area contributed by atoms with Gasteiger partial charge in [0.25, 0.3) is 0 Å². The minimum atomic E-state index is -2.68. The fourth-order valence-corrected chi connectivity index (χ4v) is 2.87. The molecule has 0 radical (unpaired) electrons. The highest BCUT2D eigenvalue weighted by molar-refractivity contribution is 5.79. The van der Waals surface area contributed by atoms with Gasteiger partial charge in [0.1, 0.15) is 0 Å². The van der Waals surface area contributed by atoms with Crippen LogP contribution < -0.4 is 0 Å². The van der Waals surface area contributed by atoms with Gasteiger partial charge in [-0.05, 0) is 25.7 Å². The monoisotopic (exact) mass is 256 g/mol. The van der Waals surface area contributed by atoms with Crippen molar-refractivity contribution in [2.75, 3.05) is 13.1 Å². The fraction of sp³-hybridized carbons (Fsp3) is 0.846. The van der Waals surface area contributed by atoms with Crippen molar-refractivity contribution in [1.82, 2.24) is 4.90 Å². The summed E-state index contributed by atoms with van der Waals surface area (Å²) < 4.78 is 26.6. The molecule has 1 aliphatic carbocycles. The standard InChI is InChI=1S/C13H18F2N2O/c14-13(15)5-1-2-11(8-13)12(18)17-6-3-10(9-16)4-7-17/h10-11H,1-8H2. The second-order valence-electron chi connectivity index (χ2n) is 5.38. The van der Waals surface area contributed by atoms with Crippen molar-refractivity contribution in [2.24, 2.45) is 11.8 Å². The SMILES string of the molecule is N#CC1CCN(C(=O)C2CCCC(F)(F)C2)CC1. The minimum absolute atomic E-state index is 0.0156. The van der Waals surface area contributed by atoms with Crippen LogP contribution in [-0.2, 0) is 4.79 Å². The fourth-order valence-electron chi connectivity index (χ4n) is 2.87. The van der Waals surface area contributed by atoms with Gasteiger partial charge in [-0.25, -0.2) is 8.78 Å². The smallest absolute Gasteiger partial charge is 0.248 e. The first-order valence-electron chi connectivity index (χ1n) is 6.58. The third-order valence-corrected chi connectivity index (χ3v) is 3.98. The molecule has 3 nitrogen and oxygen atoms in total. The van der Waals surface area contributed by atoms with Crippen LogP contribution in [0.15, 0.2) is 0 Å². The summed E-state index contributed by atoms with van der Waals surface area (Å²) in [4.78, 5) is 13.8. The van der Waals surface area contributed by atoms with Gasteiger partial charge in [0.15, 0.2) is 0 Å². The molecule has 100 valence electrons. The first-order chi connectivity index (χ1) is 8.52. The van der Waals surface area contributed by atoms with Crippen LogP contribution in [-0.4, -0.2) is 29.8 Å². The molecule has 18 heavy (non-hydrogen) atoms. The molecule has 1 amide bonds. The maximum atomic E-state index is 13.3. The van der Waals surface area contributed by atoms with E-state index in [2.05, 4.69) is 6.07 Å². The number of hydrogen-bond acceptors (Lipinski definition) is 2. The zero-order chi connectivity index (χ0) is 13.2. The van der Waals surface area contributed by atoms with Gasteiger partial charge in [0.05, 0.1) is 6.07 Å². The Morgan fingerprint density at radius 3 is 2.50 bits per heavy atom. The lowest BCUT2D eigenvalue weighted by Gasteiger charge is -2.35. The number of halogens is 2. The second-order valence-corrected chi connectivity index (χ2v) is 5.38. The third-order valence-electron chi connectivity index (χ3n) is 3.98. The van der Waals surface area contributed by atoms with Crippen LogP contribution in [0, 0.1) is 23.2 Å². The Morgan fingerprint density at radius 1 is 1.28 bits per heavy atom. The van der Waals surface area contributed by atoms with Crippen LogP contribution in [0.5, 0.6) is 0 Å². The lowest BCUT2D eigenvalue weighted by Crippen LogP contribution is -2.44. The van der Waals surface area contributed by atoms with E-state index < -0.39 is 11.8 Å². The molecule has 0 aromatic heterocycles. The van der Waals surface area contributed by atoms with E-state index in [-0.39, 0.29) is 24.7 Å². The number of carbonyl (C=O) groups excluding carboxylic acids is 1. The summed E-state index contributed by atoms with van der Waals surface area (Å²) >= 11 is 0. The summed E-state index contributed by atoms with van der Waals surface area (Å²) in [5.74, 6) is -3.32. The van der Waals surface area contributed by atoms with Crippen LogP contribution in [0.4, 0.5) is 8.78 Å². The van der Waals surface area contributed by atoms with Gasteiger partial charge in [-0.3, -0.25) is 4.79 Å². The van der Waals surface area contributed by atoms with E-state index in [1.165, 1.54) is 0 Å². The van der Waals surface area contributed by atoms with Crippen molar-refractivity contribution in [1.29, 1.82) is 5.26 Å². The zero-order valence-electron chi connectivity index (χ0n) is 10.4. The highest BCUT2D eigenvalue weighted by Crippen LogP contribution is 2.37. The molecule has 1 unspecified atom stereocenters. The van der Waals surface area contributed by atoms with Crippen molar-refractivity contribution < 1.29 is 13.6 Å². The van der Waals surface area contributed by atoms with Crippen LogP contribution in [0.2, 0.25) is 0 Å². The van der Waals surface area contributed by atoms with Crippen molar-refractivity contribution in [3.63, 3.8) is 0 Å². The second kappa shape index (κ2) is 5.21. The molecule has 1 heterocycles.